The lowest BCUT2D eigenvalue weighted by molar-refractivity contribution is 0.0906. The fourth-order valence-electron chi connectivity index (χ4n) is 3.46. The number of hydrogen-bond donors (Lipinski definition) is 1. The molecule has 1 unspecified atom stereocenters. The summed E-state index contributed by atoms with van der Waals surface area (Å²) in [6.45, 7) is 7.00. The number of aromatic nitrogens is 1. The van der Waals surface area contributed by atoms with Gasteiger partial charge in [0.2, 0.25) is 0 Å². The van der Waals surface area contributed by atoms with Crippen LogP contribution in [0.3, 0.4) is 0 Å². The SMILES string of the molecule is CCNC(=NCc1cccc(N(C)C)n1)N1CCC(COCc2ccccc2)C1.I. The Bertz CT molecular complexity index is 784. The molecule has 2 aromatic rings. The smallest absolute Gasteiger partial charge is 0.194 e. The fraction of sp³-hybridized carbons (Fsp3) is 0.478. The molecule has 1 fully saturated rings. The number of halogens is 1. The van der Waals surface area contributed by atoms with E-state index in [1.54, 1.807) is 0 Å². The Hall–Kier alpha value is -1.87. The van der Waals surface area contributed by atoms with Crippen LogP contribution in [0.25, 0.3) is 0 Å². The van der Waals surface area contributed by atoms with Gasteiger partial charge in [-0.3, -0.25) is 0 Å². The second-order valence-corrected chi connectivity index (χ2v) is 7.65. The molecule has 1 aromatic carbocycles. The van der Waals surface area contributed by atoms with Gasteiger partial charge in [0.05, 0.1) is 25.5 Å². The standard InChI is InChI=1S/C23H33N5O.HI/c1-4-24-23(25-15-21-11-8-12-22(26-21)27(2)3)28-14-13-20(16-28)18-29-17-19-9-6-5-7-10-19;/h5-12,20H,4,13-18H2,1-3H3,(H,24,25);1H. The van der Waals surface area contributed by atoms with Gasteiger partial charge in [-0.1, -0.05) is 36.4 Å². The van der Waals surface area contributed by atoms with Crippen molar-refractivity contribution in [3.8, 4) is 0 Å². The first-order chi connectivity index (χ1) is 14.2. The number of aliphatic imine (C=N–C) groups is 1. The average molecular weight is 523 g/mol. The summed E-state index contributed by atoms with van der Waals surface area (Å²) in [6.07, 6.45) is 1.13. The molecule has 6 nitrogen and oxygen atoms in total. The van der Waals surface area contributed by atoms with E-state index < -0.39 is 0 Å². The molecule has 1 aromatic heterocycles. The highest BCUT2D eigenvalue weighted by Gasteiger charge is 2.25. The average Bonchev–Trinajstić information content (AvgIpc) is 3.21. The molecule has 0 bridgehead atoms. The molecule has 0 amide bonds. The Balaban J connectivity index is 0.00000320. The first-order valence-corrected chi connectivity index (χ1v) is 10.4. The topological polar surface area (TPSA) is 53.0 Å². The van der Waals surface area contributed by atoms with Gasteiger partial charge in [0, 0.05) is 39.6 Å². The number of pyridine rings is 1. The van der Waals surface area contributed by atoms with Crippen LogP contribution in [-0.2, 0) is 17.9 Å². The van der Waals surface area contributed by atoms with E-state index in [0.717, 1.165) is 50.1 Å². The largest absolute Gasteiger partial charge is 0.376 e. The van der Waals surface area contributed by atoms with E-state index in [9.17, 15) is 0 Å². The van der Waals surface area contributed by atoms with Gasteiger partial charge in [-0.15, -0.1) is 24.0 Å². The molecule has 2 heterocycles. The van der Waals surface area contributed by atoms with Crippen molar-refractivity contribution in [2.75, 3.05) is 45.2 Å². The van der Waals surface area contributed by atoms with Crippen molar-refractivity contribution in [3.05, 3.63) is 59.8 Å². The zero-order chi connectivity index (χ0) is 20.5. The minimum Gasteiger partial charge on any atom is -0.376 e. The van der Waals surface area contributed by atoms with E-state index in [-0.39, 0.29) is 24.0 Å². The molecule has 0 spiro atoms. The highest BCUT2D eigenvalue weighted by Crippen LogP contribution is 2.18. The van der Waals surface area contributed by atoms with Crippen LogP contribution in [0.2, 0.25) is 0 Å². The van der Waals surface area contributed by atoms with Crippen LogP contribution in [0.5, 0.6) is 0 Å². The number of rotatable bonds is 8. The third-order valence-electron chi connectivity index (χ3n) is 5.03. The molecule has 164 valence electrons. The van der Waals surface area contributed by atoms with Crippen LogP contribution >= 0.6 is 24.0 Å². The summed E-state index contributed by atoms with van der Waals surface area (Å²) in [7, 11) is 4.01. The Morgan fingerprint density at radius 3 is 2.73 bits per heavy atom. The molecule has 1 aliphatic rings. The van der Waals surface area contributed by atoms with E-state index in [0.29, 0.717) is 19.1 Å². The molecule has 0 saturated carbocycles. The Morgan fingerprint density at radius 2 is 2.00 bits per heavy atom. The quantitative estimate of drug-likeness (QED) is 0.325. The maximum atomic E-state index is 5.95. The Labute approximate surface area is 197 Å². The summed E-state index contributed by atoms with van der Waals surface area (Å²) in [6, 6.07) is 16.4. The second-order valence-electron chi connectivity index (χ2n) is 7.65. The number of guanidine groups is 1. The number of ether oxygens (including phenoxy) is 1. The van der Waals surface area contributed by atoms with Gasteiger partial charge in [-0.25, -0.2) is 9.98 Å². The lowest BCUT2D eigenvalue weighted by Gasteiger charge is -2.21. The molecule has 30 heavy (non-hydrogen) atoms. The van der Waals surface area contributed by atoms with Gasteiger partial charge in [-0.05, 0) is 31.0 Å². The molecular weight excluding hydrogens is 489 g/mol. The summed E-state index contributed by atoms with van der Waals surface area (Å²) in [4.78, 5) is 13.9. The van der Waals surface area contributed by atoms with Crippen molar-refractivity contribution in [3.63, 3.8) is 0 Å². The highest BCUT2D eigenvalue weighted by molar-refractivity contribution is 14.0. The predicted molar refractivity (Wildman–Crippen MR) is 135 cm³/mol. The van der Waals surface area contributed by atoms with Crippen molar-refractivity contribution < 1.29 is 4.74 Å². The summed E-state index contributed by atoms with van der Waals surface area (Å²) in [5.74, 6) is 2.47. The summed E-state index contributed by atoms with van der Waals surface area (Å²) in [5.41, 5.74) is 2.21. The van der Waals surface area contributed by atoms with Gasteiger partial charge in [0.25, 0.3) is 0 Å². The minimum atomic E-state index is 0. The van der Waals surface area contributed by atoms with Crippen molar-refractivity contribution in [1.29, 1.82) is 0 Å². The normalized spacial score (nSPS) is 16.3. The van der Waals surface area contributed by atoms with Gasteiger partial charge in [0.1, 0.15) is 5.82 Å². The van der Waals surface area contributed by atoms with Gasteiger partial charge >= 0.3 is 0 Å². The molecule has 0 aliphatic carbocycles. The monoisotopic (exact) mass is 523 g/mol. The van der Waals surface area contributed by atoms with E-state index in [1.165, 1.54) is 5.56 Å². The lowest BCUT2D eigenvalue weighted by Crippen LogP contribution is -2.40. The zero-order valence-electron chi connectivity index (χ0n) is 18.3. The Morgan fingerprint density at radius 1 is 1.20 bits per heavy atom. The predicted octanol–water partition coefficient (Wildman–Crippen LogP) is 3.77. The van der Waals surface area contributed by atoms with Crippen LogP contribution in [0.4, 0.5) is 5.82 Å². The molecule has 1 aliphatic heterocycles. The van der Waals surface area contributed by atoms with E-state index in [2.05, 4.69) is 46.4 Å². The number of nitrogens with one attached hydrogen (secondary N) is 1. The number of anilines is 1. The van der Waals surface area contributed by atoms with Crippen LogP contribution in [0, 0.1) is 5.92 Å². The Kier molecular flexibility index (Phi) is 10.4. The summed E-state index contributed by atoms with van der Waals surface area (Å²) >= 11 is 0. The summed E-state index contributed by atoms with van der Waals surface area (Å²) in [5, 5.41) is 3.43. The third-order valence-corrected chi connectivity index (χ3v) is 5.03. The van der Waals surface area contributed by atoms with E-state index >= 15 is 0 Å². The summed E-state index contributed by atoms with van der Waals surface area (Å²) < 4.78 is 5.95. The van der Waals surface area contributed by atoms with E-state index in [1.807, 2.05) is 43.3 Å². The first kappa shape index (κ1) is 24.4. The molecule has 1 N–H and O–H groups in total. The third kappa shape index (κ3) is 7.43. The molecule has 0 radical (unpaired) electrons. The molecule has 7 heteroatoms. The maximum Gasteiger partial charge on any atom is 0.194 e. The molecule has 1 saturated heterocycles. The maximum absolute atomic E-state index is 5.95. The van der Waals surface area contributed by atoms with Crippen LogP contribution in [0.1, 0.15) is 24.6 Å². The lowest BCUT2D eigenvalue weighted by atomic mass is 10.1. The van der Waals surface area contributed by atoms with Crippen molar-refractivity contribution in [1.82, 2.24) is 15.2 Å². The van der Waals surface area contributed by atoms with Gasteiger partial charge in [-0.2, -0.15) is 0 Å². The number of hydrogen-bond acceptors (Lipinski definition) is 4. The minimum absolute atomic E-state index is 0. The van der Waals surface area contributed by atoms with Gasteiger partial charge < -0.3 is 19.9 Å². The number of likely N-dealkylation sites (tertiary alicyclic amines) is 1. The molecular formula is C23H34IN5O. The van der Waals surface area contributed by atoms with E-state index in [4.69, 9.17) is 9.73 Å². The second kappa shape index (κ2) is 12.7. The van der Waals surface area contributed by atoms with Crippen molar-refractivity contribution in [2.24, 2.45) is 10.9 Å². The van der Waals surface area contributed by atoms with Crippen LogP contribution in [0.15, 0.2) is 53.5 Å². The molecule has 1 atom stereocenters. The van der Waals surface area contributed by atoms with Crippen LogP contribution in [-0.4, -0.2) is 56.2 Å². The first-order valence-electron chi connectivity index (χ1n) is 10.4. The zero-order valence-corrected chi connectivity index (χ0v) is 20.6. The molecule has 3 rings (SSSR count). The number of benzene rings is 1. The number of nitrogens with zero attached hydrogens (tertiary/aromatic N) is 4. The van der Waals surface area contributed by atoms with Crippen LogP contribution < -0.4 is 10.2 Å². The fourth-order valence-corrected chi connectivity index (χ4v) is 3.46. The van der Waals surface area contributed by atoms with Gasteiger partial charge in [0.15, 0.2) is 5.96 Å². The van der Waals surface area contributed by atoms with Crippen molar-refractivity contribution in [2.45, 2.75) is 26.5 Å². The van der Waals surface area contributed by atoms with Crippen molar-refractivity contribution >= 4 is 35.8 Å². The highest BCUT2D eigenvalue weighted by atomic mass is 127.